The topological polar surface area (TPSA) is 46.4 Å². The van der Waals surface area contributed by atoms with Crippen LogP contribution in [-0.2, 0) is 6.42 Å². The average Bonchev–Trinajstić information content (AvgIpc) is 2.96. The van der Waals surface area contributed by atoms with Gasteiger partial charge < -0.3 is 9.72 Å². The Balaban J connectivity index is 1.59. The quantitative estimate of drug-likeness (QED) is 0.799. The summed E-state index contributed by atoms with van der Waals surface area (Å²) in [7, 11) is 0. The van der Waals surface area contributed by atoms with Gasteiger partial charge in [-0.2, -0.15) is 0 Å². The predicted octanol–water partition coefficient (Wildman–Crippen LogP) is 2.45. The van der Waals surface area contributed by atoms with Crippen molar-refractivity contribution >= 4 is 11.6 Å². The van der Waals surface area contributed by atoms with Crippen LogP contribution in [0.3, 0.4) is 0 Å². The molecule has 0 aliphatic heterocycles. The molecule has 0 bridgehead atoms. The normalized spacial score (nSPS) is 10.7. The Morgan fingerprint density at radius 3 is 2.81 bits per heavy atom. The molecule has 2 heterocycles. The van der Waals surface area contributed by atoms with Crippen molar-refractivity contribution in [1.82, 2.24) is 14.7 Å². The summed E-state index contributed by atoms with van der Waals surface area (Å²) in [4.78, 5) is 16.2. The van der Waals surface area contributed by atoms with Crippen LogP contribution in [0.15, 0.2) is 55.0 Å². The zero-order valence-electron chi connectivity index (χ0n) is 11.3. The van der Waals surface area contributed by atoms with Gasteiger partial charge in [0.05, 0.1) is 5.56 Å². The highest BCUT2D eigenvalue weighted by atomic mass is 19.1. The minimum absolute atomic E-state index is 0.132. The number of rotatable bonds is 4. The molecule has 1 amide bonds. The highest BCUT2D eigenvalue weighted by molar-refractivity contribution is 5.94. The van der Waals surface area contributed by atoms with Crippen molar-refractivity contribution in [2.75, 3.05) is 6.54 Å². The van der Waals surface area contributed by atoms with Gasteiger partial charge in [-0.15, -0.1) is 0 Å². The lowest BCUT2D eigenvalue weighted by atomic mass is 10.1. The molecule has 3 aromatic rings. The number of hydrogen-bond acceptors (Lipinski definition) is 2. The van der Waals surface area contributed by atoms with Gasteiger partial charge in [-0.1, -0.05) is 12.1 Å². The lowest BCUT2D eigenvalue weighted by Crippen LogP contribution is -2.25. The molecular weight excluding hydrogens is 269 g/mol. The van der Waals surface area contributed by atoms with E-state index in [-0.39, 0.29) is 11.7 Å². The molecule has 0 aliphatic rings. The van der Waals surface area contributed by atoms with Gasteiger partial charge in [-0.3, -0.25) is 4.79 Å². The van der Waals surface area contributed by atoms with E-state index in [1.165, 1.54) is 12.1 Å². The van der Waals surface area contributed by atoms with Gasteiger partial charge in [0.25, 0.3) is 5.91 Å². The predicted molar refractivity (Wildman–Crippen MR) is 77.6 cm³/mol. The SMILES string of the molecule is O=C(NCCc1ccc(F)cc1)c1ccc2nccn2c1. The molecule has 0 saturated carbocycles. The Kier molecular flexibility index (Phi) is 3.64. The molecule has 0 aliphatic carbocycles. The number of hydrogen-bond donors (Lipinski definition) is 1. The van der Waals surface area contributed by atoms with Gasteiger partial charge in [-0.25, -0.2) is 9.37 Å². The van der Waals surface area contributed by atoms with Crippen molar-refractivity contribution in [2.45, 2.75) is 6.42 Å². The first-order chi connectivity index (χ1) is 10.2. The van der Waals surface area contributed by atoms with Crippen LogP contribution in [0.25, 0.3) is 5.65 Å². The lowest BCUT2D eigenvalue weighted by molar-refractivity contribution is 0.0953. The van der Waals surface area contributed by atoms with E-state index in [0.29, 0.717) is 18.5 Å². The summed E-state index contributed by atoms with van der Waals surface area (Å²) in [6, 6.07) is 9.83. The fourth-order valence-electron chi connectivity index (χ4n) is 2.13. The molecule has 0 unspecified atom stereocenters. The number of imidazole rings is 1. The standard InChI is InChI=1S/C16H14FN3O/c17-14-4-1-12(2-5-14)7-8-19-16(21)13-3-6-15-18-9-10-20(15)11-13/h1-6,9-11H,7-8H2,(H,19,21). The lowest BCUT2D eigenvalue weighted by Gasteiger charge is -2.06. The van der Waals surface area contributed by atoms with Crippen LogP contribution in [-0.4, -0.2) is 21.8 Å². The number of aromatic nitrogens is 2. The Morgan fingerprint density at radius 2 is 2.00 bits per heavy atom. The van der Waals surface area contributed by atoms with Crippen molar-refractivity contribution in [2.24, 2.45) is 0 Å². The van der Waals surface area contributed by atoms with Crippen molar-refractivity contribution < 1.29 is 9.18 Å². The van der Waals surface area contributed by atoms with Gasteiger partial charge in [0, 0.05) is 25.1 Å². The van der Waals surface area contributed by atoms with E-state index in [9.17, 15) is 9.18 Å². The third-order valence-electron chi connectivity index (χ3n) is 3.26. The van der Waals surface area contributed by atoms with Gasteiger partial charge in [-0.05, 0) is 36.2 Å². The monoisotopic (exact) mass is 283 g/mol. The van der Waals surface area contributed by atoms with E-state index in [1.54, 1.807) is 47.3 Å². The van der Waals surface area contributed by atoms with Crippen molar-refractivity contribution in [3.63, 3.8) is 0 Å². The van der Waals surface area contributed by atoms with E-state index >= 15 is 0 Å². The fourth-order valence-corrected chi connectivity index (χ4v) is 2.13. The van der Waals surface area contributed by atoms with Gasteiger partial charge in [0.15, 0.2) is 0 Å². The molecule has 0 radical (unpaired) electrons. The molecule has 21 heavy (non-hydrogen) atoms. The summed E-state index contributed by atoms with van der Waals surface area (Å²) in [5.41, 5.74) is 2.37. The first-order valence-electron chi connectivity index (χ1n) is 6.68. The highest BCUT2D eigenvalue weighted by Gasteiger charge is 2.06. The molecule has 0 spiro atoms. The molecule has 5 heteroatoms. The minimum Gasteiger partial charge on any atom is -0.352 e. The first kappa shape index (κ1) is 13.3. The zero-order valence-corrected chi connectivity index (χ0v) is 11.3. The summed E-state index contributed by atoms with van der Waals surface area (Å²) < 4.78 is 14.6. The summed E-state index contributed by atoms with van der Waals surface area (Å²) >= 11 is 0. The number of carbonyl (C=O) groups is 1. The number of carbonyl (C=O) groups excluding carboxylic acids is 1. The van der Waals surface area contributed by atoms with Crippen molar-refractivity contribution in [1.29, 1.82) is 0 Å². The van der Waals surface area contributed by atoms with E-state index < -0.39 is 0 Å². The van der Waals surface area contributed by atoms with Crippen molar-refractivity contribution in [3.05, 3.63) is 71.9 Å². The summed E-state index contributed by atoms with van der Waals surface area (Å²) in [6.45, 7) is 0.506. The minimum atomic E-state index is -0.253. The highest BCUT2D eigenvalue weighted by Crippen LogP contribution is 2.05. The average molecular weight is 283 g/mol. The number of nitrogens with zero attached hydrogens (tertiary/aromatic N) is 2. The number of halogens is 1. The molecule has 1 aromatic carbocycles. The van der Waals surface area contributed by atoms with Gasteiger partial charge in [0.2, 0.25) is 0 Å². The molecule has 0 atom stereocenters. The summed E-state index contributed by atoms with van der Waals surface area (Å²) in [5, 5.41) is 2.85. The third-order valence-corrected chi connectivity index (χ3v) is 3.26. The number of benzene rings is 1. The van der Waals surface area contributed by atoms with Crippen LogP contribution in [0.5, 0.6) is 0 Å². The second-order valence-corrected chi connectivity index (χ2v) is 4.74. The largest absolute Gasteiger partial charge is 0.352 e. The van der Waals surface area contributed by atoms with Crippen LogP contribution >= 0.6 is 0 Å². The molecule has 1 N–H and O–H groups in total. The first-order valence-corrected chi connectivity index (χ1v) is 6.68. The molecule has 0 saturated heterocycles. The van der Waals surface area contributed by atoms with Gasteiger partial charge in [0.1, 0.15) is 11.5 Å². The van der Waals surface area contributed by atoms with Crippen LogP contribution in [0.4, 0.5) is 4.39 Å². The van der Waals surface area contributed by atoms with Crippen LogP contribution in [0.2, 0.25) is 0 Å². The number of pyridine rings is 1. The maximum atomic E-state index is 12.8. The van der Waals surface area contributed by atoms with E-state index in [0.717, 1.165) is 11.2 Å². The molecule has 4 nitrogen and oxygen atoms in total. The Labute approximate surface area is 121 Å². The molecule has 3 rings (SSSR count). The Bertz CT molecular complexity index is 765. The second kappa shape index (κ2) is 5.75. The van der Waals surface area contributed by atoms with Crippen LogP contribution < -0.4 is 5.32 Å². The second-order valence-electron chi connectivity index (χ2n) is 4.74. The molecule has 2 aromatic heterocycles. The zero-order chi connectivity index (χ0) is 14.7. The maximum absolute atomic E-state index is 12.8. The van der Waals surface area contributed by atoms with Crippen LogP contribution in [0, 0.1) is 5.82 Å². The number of amides is 1. The molecular formula is C16H14FN3O. The fraction of sp³-hybridized carbons (Fsp3) is 0.125. The Hall–Kier alpha value is -2.69. The molecule has 0 fully saturated rings. The summed E-state index contributed by atoms with van der Waals surface area (Å²) in [5.74, 6) is -0.385. The van der Waals surface area contributed by atoms with E-state index in [2.05, 4.69) is 10.3 Å². The van der Waals surface area contributed by atoms with E-state index in [4.69, 9.17) is 0 Å². The van der Waals surface area contributed by atoms with Crippen LogP contribution in [0.1, 0.15) is 15.9 Å². The Morgan fingerprint density at radius 1 is 1.19 bits per heavy atom. The van der Waals surface area contributed by atoms with Crippen molar-refractivity contribution in [3.8, 4) is 0 Å². The van der Waals surface area contributed by atoms with E-state index in [1.807, 2.05) is 0 Å². The third kappa shape index (κ3) is 3.08. The summed E-state index contributed by atoms with van der Waals surface area (Å²) in [6.07, 6.45) is 5.89. The van der Waals surface area contributed by atoms with Gasteiger partial charge >= 0.3 is 0 Å². The number of fused-ring (bicyclic) bond motifs is 1. The number of nitrogens with one attached hydrogen (secondary N) is 1. The smallest absolute Gasteiger partial charge is 0.252 e. The maximum Gasteiger partial charge on any atom is 0.252 e. The molecule has 106 valence electrons.